The van der Waals surface area contributed by atoms with Gasteiger partial charge in [0.25, 0.3) is 5.24 Å². The maximum atomic E-state index is 11.7. The maximum Gasteiger partial charge on any atom is 0.289 e. The van der Waals surface area contributed by atoms with Gasteiger partial charge in [-0.1, -0.05) is 18.7 Å². The van der Waals surface area contributed by atoms with Crippen molar-refractivity contribution in [1.29, 1.82) is 0 Å². The van der Waals surface area contributed by atoms with Gasteiger partial charge in [0.1, 0.15) is 0 Å². The molecule has 0 atom stereocenters. The second-order valence-corrected chi connectivity index (χ2v) is 7.12. The molecule has 0 unspecified atom stereocenters. The van der Waals surface area contributed by atoms with Gasteiger partial charge in [0.05, 0.1) is 17.5 Å². The molecular weight excluding hydrogens is 264 g/mol. The summed E-state index contributed by atoms with van der Waals surface area (Å²) in [5, 5.41) is -0.257. The van der Waals surface area contributed by atoms with E-state index in [1.165, 1.54) is 9.21 Å². The van der Waals surface area contributed by atoms with Crippen LogP contribution in [0.2, 0.25) is 0 Å². The third kappa shape index (κ3) is 2.34. The van der Waals surface area contributed by atoms with E-state index in [9.17, 15) is 18.0 Å². The van der Waals surface area contributed by atoms with Gasteiger partial charge in [0.2, 0.25) is 15.9 Å². The Bertz CT molecular complexity index is 426. The van der Waals surface area contributed by atoms with Crippen LogP contribution in [0, 0.1) is 0 Å². The Hall–Kier alpha value is -0.600. The van der Waals surface area contributed by atoms with Crippen LogP contribution in [0.4, 0.5) is 4.79 Å². The molecule has 0 bridgehead atoms. The maximum absolute atomic E-state index is 11.7. The van der Waals surface area contributed by atoms with E-state index < -0.39 is 10.0 Å². The fourth-order valence-corrected chi connectivity index (χ4v) is 4.26. The van der Waals surface area contributed by atoms with Crippen molar-refractivity contribution in [2.45, 2.75) is 19.4 Å². The molecule has 0 N–H and O–H groups in total. The third-order valence-corrected chi connectivity index (χ3v) is 5.68. The van der Waals surface area contributed by atoms with Crippen LogP contribution in [-0.2, 0) is 14.8 Å². The SMILES string of the molecule is CCCS(=O)(=O)N1CC(N2C(=O)CSC2=O)C1. The summed E-state index contributed by atoms with van der Waals surface area (Å²) in [5.41, 5.74) is 0. The smallest absolute Gasteiger partial charge is 0.273 e. The van der Waals surface area contributed by atoms with Crippen LogP contribution in [0.5, 0.6) is 0 Å². The molecule has 0 spiro atoms. The van der Waals surface area contributed by atoms with E-state index in [0.29, 0.717) is 6.42 Å². The minimum absolute atomic E-state index is 0.121. The summed E-state index contributed by atoms with van der Waals surface area (Å²) >= 11 is 0.980. The van der Waals surface area contributed by atoms with E-state index in [1.54, 1.807) is 6.92 Å². The van der Waals surface area contributed by atoms with Gasteiger partial charge >= 0.3 is 0 Å². The van der Waals surface area contributed by atoms with Gasteiger partial charge in [0.15, 0.2) is 0 Å². The molecule has 2 aliphatic heterocycles. The van der Waals surface area contributed by atoms with Crippen LogP contribution in [0.25, 0.3) is 0 Å². The Kier molecular flexibility index (Phi) is 3.46. The first-order chi connectivity index (χ1) is 7.95. The number of hydrogen-bond acceptors (Lipinski definition) is 5. The average Bonchev–Trinajstić information content (AvgIpc) is 2.46. The van der Waals surface area contributed by atoms with E-state index in [1.807, 2.05) is 0 Å². The van der Waals surface area contributed by atoms with Crippen LogP contribution in [0.1, 0.15) is 13.3 Å². The Labute approximate surface area is 104 Å². The van der Waals surface area contributed by atoms with E-state index in [0.717, 1.165) is 11.8 Å². The molecule has 2 saturated heterocycles. The third-order valence-electron chi connectivity index (χ3n) is 2.83. The number of hydrogen-bond donors (Lipinski definition) is 0. The molecular formula is C9H14N2O4S2. The number of imide groups is 1. The van der Waals surface area contributed by atoms with Crippen molar-refractivity contribution in [1.82, 2.24) is 9.21 Å². The normalized spacial score (nSPS) is 23.2. The van der Waals surface area contributed by atoms with Crippen molar-refractivity contribution in [2.24, 2.45) is 0 Å². The van der Waals surface area contributed by atoms with Crippen LogP contribution < -0.4 is 0 Å². The summed E-state index contributed by atoms with van der Waals surface area (Å²) in [6.45, 7) is 2.31. The Morgan fingerprint density at radius 1 is 1.35 bits per heavy atom. The molecule has 6 nitrogen and oxygen atoms in total. The number of rotatable bonds is 4. The Morgan fingerprint density at radius 3 is 2.47 bits per heavy atom. The van der Waals surface area contributed by atoms with Crippen molar-refractivity contribution in [3.05, 3.63) is 0 Å². The molecule has 2 amide bonds. The monoisotopic (exact) mass is 278 g/mol. The van der Waals surface area contributed by atoms with Gasteiger partial charge in [-0.2, -0.15) is 4.31 Å². The predicted molar refractivity (Wildman–Crippen MR) is 64.1 cm³/mol. The molecule has 0 aliphatic carbocycles. The Balaban J connectivity index is 1.95. The molecule has 0 aromatic carbocycles. The molecule has 2 aliphatic rings. The van der Waals surface area contributed by atoms with Gasteiger partial charge in [-0.3, -0.25) is 14.5 Å². The lowest BCUT2D eigenvalue weighted by Gasteiger charge is -2.41. The number of nitrogens with zero attached hydrogens (tertiary/aromatic N) is 2. The van der Waals surface area contributed by atoms with Gasteiger partial charge < -0.3 is 0 Å². The molecule has 8 heteroatoms. The second kappa shape index (κ2) is 4.58. The lowest BCUT2D eigenvalue weighted by atomic mass is 10.1. The number of amides is 2. The predicted octanol–water partition coefficient (Wildman–Crippen LogP) is 0.106. The Morgan fingerprint density at radius 2 is 2.00 bits per heavy atom. The largest absolute Gasteiger partial charge is 0.289 e. The first kappa shape index (κ1) is 12.8. The summed E-state index contributed by atoms with van der Waals surface area (Å²) in [4.78, 5) is 24.0. The molecule has 0 radical (unpaired) electrons. The zero-order valence-corrected chi connectivity index (χ0v) is 11.1. The quantitative estimate of drug-likeness (QED) is 0.729. The van der Waals surface area contributed by atoms with Crippen LogP contribution in [0.3, 0.4) is 0 Å². The molecule has 17 heavy (non-hydrogen) atoms. The molecule has 96 valence electrons. The lowest BCUT2D eigenvalue weighted by Crippen LogP contribution is -2.62. The molecule has 0 aromatic heterocycles. The van der Waals surface area contributed by atoms with Gasteiger partial charge in [-0.15, -0.1) is 0 Å². The van der Waals surface area contributed by atoms with Crippen LogP contribution in [0.15, 0.2) is 0 Å². The van der Waals surface area contributed by atoms with E-state index in [-0.39, 0.29) is 41.8 Å². The number of sulfonamides is 1. The van der Waals surface area contributed by atoms with Crippen molar-refractivity contribution < 1.29 is 18.0 Å². The zero-order valence-electron chi connectivity index (χ0n) is 9.46. The van der Waals surface area contributed by atoms with Crippen molar-refractivity contribution in [3.8, 4) is 0 Å². The van der Waals surface area contributed by atoms with Gasteiger partial charge in [-0.05, 0) is 6.42 Å². The number of carbonyl (C=O) groups excluding carboxylic acids is 2. The highest BCUT2D eigenvalue weighted by Gasteiger charge is 2.45. The highest BCUT2D eigenvalue weighted by Crippen LogP contribution is 2.27. The summed E-state index contributed by atoms with van der Waals surface area (Å²) in [7, 11) is -3.19. The minimum atomic E-state index is -3.19. The van der Waals surface area contributed by atoms with E-state index in [2.05, 4.69) is 0 Å². The first-order valence-corrected chi connectivity index (χ1v) is 8.02. The molecule has 2 rings (SSSR count). The summed E-state index contributed by atoms with van der Waals surface area (Å²) in [6, 6.07) is -0.267. The molecule has 0 saturated carbocycles. The molecule has 0 aromatic rings. The highest BCUT2D eigenvalue weighted by molar-refractivity contribution is 8.14. The molecule has 2 fully saturated rings. The summed E-state index contributed by atoms with van der Waals surface area (Å²) in [6.07, 6.45) is 0.570. The standard InChI is InChI=1S/C9H14N2O4S2/c1-2-3-17(14,15)10-4-7(5-10)11-8(12)6-16-9(11)13/h7H,2-6H2,1H3. The van der Waals surface area contributed by atoms with Gasteiger partial charge in [-0.25, -0.2) is 8.42 Å². The zero-order chi connectivity index (χ0) is 12.6. The van der Waals surface area contributed by atoms with Gasteiger partial charge in [0, 0.05) is 13.1 Å². The van der Waals surface area contributed by atoms with Crippen LogP contribution in [-0.4, -0.2) is 59.4 Å². The second-order valence-electron chi connectivity index (χ2n) is 4.11. The first-order valence-electron chi connectivity index (χ1n) is 5.42. The molecule has 2 heterocycles. The lowest BCUT2D eigenvalue weighted by molar-refractivity contribution is -0.127. The average molecular weight is 278 g/mol. The van der Waals surface area contributed by atoms with Crippen LogP contribution >= 0.6 is 11.8 Å². The summed E-state index contributed by atoms with van der Waals surface area (Å²) < 4.78 is 24.7. The van der Waals surface area contributed by atoms with Crippen molar-refractivity contribution in [3.63, 3.8) is 0 Å². The minimum Gasteiger partial charge on any atom is -0.273 e. The fourth-order valence-electron chi connectivity index (χ4n) is 1.91. The fraction of sp³-hybridized carbons (Fsp3) is 0.778. The summed E-state index contributed by atoms with van der Waals surface area (Å²) in [5.74, 6) is 0.0884. The van der Waals surface area contributed by atoms with E-state index in [4.69, 9.17) is 0 Å². The number of thioether (sulfide) groups is 1. The van der Waals surface area contributed by atoms with Crippen molar-refractivity contribution >= 4 is 32.9 Å². The van der Waals surface area contributed by atoms with E-state index >= 15 is 0 Å². The number of carbonyl (C=O) groups is 2. The highest BCUT2D eigenvalue weighted by atomic mass is 32.2. The van der Waals surface area contributed by atoms with Crippen molar-refractivity contribution in [2.75, 3.05) is 24.6 Å². The topological polar surface area (TPSA) is 74.8 Å².